The Morgan fingerprint density at radius 1 is 1.12 bits per heavy atom. The molecule has 0 radical (unpaired) electrons. The van der Waals surface area contributed by atoms with Gasteiger partial charge in [-0.1, -0.05) is 19.4 Å². The van der Waals surface area contributed by atoms with E-state index in [2.05, 4.69) is 23.6 Å². The fourth-order valence-corrected chi connectivity index (χ4v) is 3.91. The molecule has 1 aliphatic rings. The van der Waals surface area contributed by atoms with Crippen LogP contribution in [0.4, 0.5) is 0 Å². The van der Waals surface area contributed by atoms with Gasteiger partial charge in [0.1, 0.15) is 30.0 Å². The predicted octanol–water partition coefficient (Wildman–Crippen LogP) is 3.39. The number of phenols is 1. The lowest BCUT2D eigenvalue weighted by atomic mass is 10.0. The average molecular weight is 493 g/mol. The predicted molar refractivity (Wildman–Crippen MR) is 135 cm³/mol. The number of benzene rings is 2. The fourth-order valence-electron chi connectivity index (χ4n) is 3.91. The molecule has 0 heterocycles. The number of halogens is 1. The van der Waals surface area contributed by atoms with Gasteiger partial charge in [-0.25, -0.2) is 0 Å². The number of phenolic OH excluding ortho intramolecular Hbond substituents is 1. The molecule has 2 aromatic carbocycles. The minimum absolute atomic E-state index is 0. The Balaban J connectivity index is 0.00000408. The van der Waals surface area contributed by atoms with E-state index in [0.717, 1.165) is 38.5 Å². The van der Waals surface area contributed by atoms with Crippen LogP contribution >= 0.6 is 12.4 Å². The van der Waals surface area contributed by atoms with Gasteiger partial charge < -0.3 is 30.3 Å². The largest absolute Gasteiger partial charge is 0.508 e. The number of nitrogens with one attached hydrogen (secondary N) is 2. The molecule has 1 amide bonds. The molecule has 3 rings (SSSR count). The van der Waals surface area contributed by atoms with Gasteiger partial charge in [0.25, 0.3) is 5.91 Å². The molecule has 0 aromatic heterocycles. The maximum absolute atomic E-state index is 11.9. The smallest absolute Gasteiger partial charge is 0.257 e. The lowest BCUT2D eigenvalue weighted by Crippen LogP contribution is -2.39. The van der Waals surface area contributed by atoms with Crippen LogP contribution in [-0.4, -0.2) is 54.6 Å². The van der Waals surface area contributed by atoms with E-state index in [1.165, 1.54) is 11.1 Å². The first-order valence-electron chi connectivity index (χ1n) is 11.9. The highest BCUT2D eigenvalue weighted by Gasteiger charge is 2.18. The average Bonchev–Trinajstić information content (AvgIpc) is 3.02. The maximum atomic E-state index is 11.9. The van der Waals surface area contributed by atoms with Crippen LogP contribution in [0.1, 0.15) is 43.7 Å². The van der Waals surface area contributed by atoms with E-state index >= 15 is 0 Å². The highest BCUT2D eigenvalue weighted by atomic mass is 35.5. The molecule has 188 valence electrons. The van der Waals surface area contributed by atoms with E-state index in [-0.39, 0.29) is 43.3 Å². The maximum Gasteiger partial charge on any atom is 0.257 e. The Kier molecular flexibility index (Phi) is 12.0. The van der Waals surface area contributed by atoms with Gasteiger partial charge in [0.2, 0.25) is 0 Å². The second-order valence-corrected chi connectivity index (χ2v) is 8.58. The fraction of sp³-hybridized carbons (Fsp3) is 0.500. The summed E-state index contributed by atoms with van der Waals surface area (Å²) in [5.74, 6) is 1.41. The zero-order chi connectivity index (χ0) is 23.5. The second-order valence-electron chi connectivity index (χ2n) is 8.58. The number of carbonyl (C=O) groups excluding carboxylic acids is 1. The number of fused-ring (bicyclic) bond motifs is 1. The van der Waals surface area contributed by atoms with Gasteiger partial charge in [-0.2, -0.15) is 0 Å². The molecule has 0 fully saturated rings. The number of aryl methyl sites for hydroxylation is 1. The van der Waals surface area contributed by atoms with Crippen LogP contribution < -0.4 is 20.1 Å². The number of amides is 1. The van der Waals surface area contributed by atoms with Crippen molar-refractivity contribution in [2.75, 3.05) is 26.3 Å². The topological polar surface area (TPSA) is 100 Å². The first-order valence-corrected chi connectivity index (χ1v) is 11.9. The molecule has 1 unspecified atom stereocenters. The molecule has 0 saturated heterocycles. The van der Waals surface area contributed by atoms with Crippen molar-refractivity contribution in [2.24, 2.45) is 0 Å². The molecule has 0 bridgehead atoms. The Bertz CT molecular complexity index is 878. The van der Waals surface area contributed by atoms with Crippen LogP contribution in [0.25, 0.3) is 0 Å². The van der Waals surface area contributed by atoms with Crippen LogP contribution in [0, 0.1) is 0 Å². The lowest BCUT2D eigenvalue weighted by Gasteiger charge is -2.20. The van der Waals surface area contributed by atoms with Crippen molar-refractivity contribution < 1.29 is 24.5 Å². The summed E-state index contributed by atoms with van der Waals surface area (Å²) in [5.41, 5.74) is 2.54. The van der Waals surface area contributed by atoms with Gasteiger partial charge in [0, 0.05) is 19.1 Å². The van der Waals surface area contributed by atoms with Crippen molar-refractivity contribution in [3.63, 3.8) is 0 Å². The van der Waals surface area contributed by atoms with E-state index in [0.29, 0.717) is 24.6 Å². The summed E-state index contributed by atoms with van der Waals surface area (Å²) in [4.78, 5) is 11.9. The molecule has 0 aliphatic heterocycles. The van der Waals surface area contributed by atoms with Crippen LogP contribution in [0.2, 0.25) is 0 Å². The van der Waals surface area contributed by atoms with E-state index in [9.17, 15) is 15.0 Å². The highest BCUT2D eigenvalue weighted by Crippen LogP contribution is 2.25. The Labute approximate surface area is 208 Å². The minimum atomic E-state index is -0.637. The monoisotopic (exact) mass is 492 g/mol. The van der Waals surface area contributed by atoms with Crippen molar-refractivity contribution in [2.45, 2.75) is 57.6 Å². The second kappa shape index (κ2) is 14.7. The number of carbonyl (C=O) groups is 1. The van der Waals surface area contributed by atoms with Crippen molar-refractivity contribution in [1.29, 1.82) is 0 Å². The first kappa shape index (κ1) is 27.8. The van der Waals surface area contributed by atoms with Crippen molar-refractivity contribution in [1.82, 2.24) is 10.6 Å². The summed E-state index contributed by atoms with van der Waals surface area (Å²) in [6.45, 7) is 3.41. The standard InChI is InChI=1S/C26H36N2O5.ClH/c1-2-3-13-27-26(31)18-33-25-10-7-19-5-4-6-21(14-20(19)15-25)28-16-23(30)17-32-24-11-8-22(29)9-12-24;/h7-12,15,21,23,28-30H,2-6,13-14,16-18H2,1H3,(H,27,31);1H/t21?,23-;/m0./s1. The molecule has 1 aliphatic carbocycles. The van der Waals surface area contributed by atoms with Crippen LogP contribution in [0.15, 0.2) is 42.5 Å². The molecule has 34 heavy (non-hydrogen) atoms. The van der Waals surface area contributed by atoms with Gasteiger partial charge in [-0.05, 0) is 79.6 Å². The summed E-state index contributed by atoms with van der Waals surface area (Å²) in [6.07, 6.45) is 5.34. The number of rotatable bonds is 12. The molecule has 4 N–H and O–H groups in total. The molecule has 0 spiro atoms. The van der Waals surface area contributed by atoms with Crippen molar-refractivity contribution >= 4 is 18.3 Å². The molecule has 2 aromatic rings. The third-order valence-electron chi connectivity index (χ3n) is 5.79. The third kappa shape index (κ3) is 9.41. The number of aromatic hydroxyl groups is 1. The molecule has 2 atom stereocenters. The van der Waals surface area contributed by atoms with Crippen LogP contribution in [-0.2, 0) is 17.6 Å². The third-order valence-corrected chi connectivity index (χ3v) is 5.79. The first-order chi connectivity index (χ1) is 16.0. The summed E-state index contributed by atoms with van der Waals surface area (Å²) < 4.78 is 11.3. The van der Waals surface area contributed by atoms with Crippen molar-refractivity contribution in [3.05, 3.63) is 53.6 Å². The quantitative estimate of drug-likeness (QED) is 0.268. The van der Waals surface area contributed by atoms with Gasteiger partial charge in [0.15, 0.2) is 6.61 Å². The summed E-state index contributed by atoms with van der Waals surface area (Å²) in [7, 11) is 0. The Morgan fingerprint density at radius 2 is 1.88 bits per heavy atom. The lowest BCUT2D eigenvalue weighted by molar-refractivity contribution is -0.123. The number of unbranched alkanes of at least 4 members (excludes halogenated alkanes) is 1. The number of ether oxygens (including phenoxy) is 2. The summed E-state index contributed by atoms with van der Waals surface area (Å²) >= 11 is 0. The van der Waals surface area contributed by atoms with E-state index in [1.807, 2.05) is 12.1 Å². The van der Waals surface area contributed by atoms with Gasteiger partial charge in [-0.15, -0.1) is 12.4 Å². The van der Waals surface area contributed by atoms with Gasteiger partial charge >= 0.3 is 0 Å². The number of aliphatic hydroxyl groups excluding tert-OH is 1. The van der Waals surface area contributed by atoms with Crippen LogP contribution in [0.3, 0.4) is 0 Å². The SMILES string of the molecule is CCCCNC(=O)COc1ccc2c(c1)CC(NC[C@H](O)COc1ccc(O)cc1)CCC2.Cl. The van der Waals surface area contributed by atoms with Crippen molar-refractivity contribution in [3.8, 4) is 17.2 Å². The normalized spacial score (nSPS) is 15.9. The van der Waals surface area contributed by atoms with E-state index in [1.54, 1.807) is 24.3 Å². The summed E-state index contributed by atoms with van der Waals surface area (Å²) in [6, 6.07) is 12.8. The molecular formula is C26H37ClN2O5. The zero-order valence-electron chi connectivity index (χ0n) is 19.8. The van der Waals surface area contributed by atoms with Crippen LogP contribution in [0.5, 0.6) is 17.2 Å². The number of hydrogen-bond donors (Lipinski definition) is 4. The number of aliphatic hydroxyl groups is 1. The van der Waals surface area contributed by atoms with E-state index in [4.69, 9.17) is 9.47 Å². The molecule has 8 heteroatoms. The van der Waals surface area contributed by atoms with Gasteiger partial charge in [0.05, 0.1) is 0 Å². The minimum Gasteiger partial charge on any atom is -0.508 e. The molecule has 0 saturated carbocycles. The van der Waals surface area contributed by atoms with E-state index < -0.39 is 6.10 Å². The molecular weight excluding hydrogens is 456 g/mol. The number of hydrogen-bond acceptors (Lipinski definition) is 6. The zero-order valence-corrected chi connectivity index (χ0v) is 20.6. The Morgan fingerprint density at radius 3 is 2.65 bits per heavy atom. The Hall–Kier alpha value is -2.48. The highest BCUT2D eigenvalue weighted by molar-refractivity contribution is 5.85. The van der Waals surface area contributed by atoms with Gasteiger partial charge in [-0.3, -0.25) is 4.79 Å². The molecule has 7 nitrogen and oxygen atoms in total. The summed E-state index contributed by atoms with van der Waals surface area (Å²) in [5, 5.41) is 26.0.